The Bertz CT molecular complexity index is 763. The first-order chi connectivity index (χ1) is 10.5. The van der Waals surface area contributed by atoms with E-state index in [1.165, 1.54) is 6.92 Å². The maximum Gasteiger partial charge on any atom is 0.308 e. The van der Waals surface area contributed by atoms with Gasteiger partial charge in [0, 0.05) is 18.2 Å². The zero-order valence-electron chi connectivity index (χ0n) is 12.5. The number of anilines is 1. The number of carbonyl (C=O) groups excluding carboxylic acids is 1. The van der Waals surface area contributed by atoms with Gasteiger partial charge in [0.25, 0.3) is 5.56 Å². The van der Waals surface area contributed by atoms with Crippen molar-refractivity contribution in [3.05, 3.63) is 51.4 Å². The highest BCUT2D eigenvalue weighted by molar-refractivity contribution is 5.80. The number of hydrazone groups is 1. The van der Waals surface area contributed by atoms with Crippen LogP contribution in [0.1, 0.15) is 23.7 Å². The summed E-state index contributed by atoms with van der Waals surface area (Å²) >= 11 is 0. The average Bonchev–Trinajstić information content (AvgIpc) is 2.46. The van der Waals surface area contributed by atoms with Crippen LogP contribution in [0.3, 0.4) is 0 Å². The van der Waals surface area contributed by atoms with Crippen molar-refractivity contribution in [1.82, 2.24) is 9.97 Å². The molecule has 0 unspecified atom stereocenters. The normalized spacial score (nSPS) is 10.7. The van der Waals surface area contributed by atoms with Gasteiger partial charge in [-0.05, 0) is 43.7 Å². The van der Waals surface area contributed by atoms with Crippen LogP contribution in [0.4, 0.5) is 5.95 Å². The summed E-state index contributed by atoms with van der Waals surface area (Å²) in [5.41, 5.74) is 4.49. The van der Waals surface area contributed by atoms with Gasteiger partial charge in [-0.3, -0.25) is 14.6 Å². The lowest BCUT2D eigenvalue weighted by Crippen LogP contribution is -2.15. The molecule has 0 spiro atoms. The third-order valence-electron chi connectivity index (χ3n) is 2.92. The first-order valence-corrected chi connectivity index (χ1v) is 6.61. The van der Waals surface area contributed by atoms with Crippen LogP contribution in [0.25, 0.3) is 0 Å². The zero-order chi connectivity index (χ0) is 16.1. The number of ether oxygens (including phenoxy) is 1. The van der Waals surface area contributed by atoms with E-state index in [1.54, 1.807) is 44.3 Å². The van der Waals surface area contributed by atoms with Crippen LogP contribution in [0.15, 0.2) is 34.2 Å². The van der Waals surface area contributed by atoms with Crippen molar-refractivity contribution in [3.8, 4) is 5.75 Å². The van der Waals surface area contributed by atoms with E-state index >= 15 is 0 Å². The van der Waals surface area contributed by atoms with Gasteiger partial charge in [0.05, 0.1) is 6.21 Å². The minimum absolute atomic E-state index is 0.198. The van der Waals surface area contributed by atoms with E-state index in [1.807, 2.05) is 0 Å². The van der Waals surface area contributed by atoms with Crippen molar-refractivity contribution < 1.29 is 9.53 Å². The summed E-state index contributed by atoms with van der Waals surface area (Å²) in [6, 6.07) is 6.83. The number of esters is 1. The smallest absolute Gasteiger partial charge is 0.308 e. The molecule has 1 aromatic heterocycles. The van der Waals surface area contributed by atoms with Gasteiger partial charge in [-0.25, -0.2) is 10.4 Å². The summed E-state index contributed by atoms with van der Waals surface area (Å²) in [6.07, 6.45) is 1.56. The Hall–Kier alpha value is -2.96. The zero-order valence-corrected chi connectivity index (χ0v) is 12.5. The van der Waals surface area contributed by atoms with Gasteiger partial charge in [0.15, 0.2) is 0 Å². The Labute approximate surface area is 127 Å². The Morgan fingerprint density at radius 3 is 2.59 bits per heavy atom. The number of hydrogen-bond acceptors (Lipinski definition) is 6. The number of hydrogen-bond donors (Lipinski definition) is 2. The molecular formula is C15H16N4O3. The van der Waals surface area contributed by atoms with Crippen molar-refractivity contribution in [2.45, 2.75) is 20.8 Å². The molecule has 0 aliphatic rings. The number of aromatic nitrogens is 2. The Morgan fingerprint density at radius 1 is 1.32 bits per heavy atom. The van der Waals surface area contributed by atoms with Crippen LogP contribution >= 0.6 is 0 Å². The van der Waals surface area contributed by atoms with Crippen LogP contribution in [0, 0.1) is 13.8 Å². The van der Waals surface area contributed by atoms with Crippen molar-refractivity contribution in [2.75, 3.05) is 5.43 Å². The van der Waals surface area contributed by atoms with Crippen molar-refractivity contribution in [1.29, 1.82) is 0 Å². The lowest BCUT2D eigenvalue weighted by Gasteiger charge is -2.03. The fourth-order valence-corrected chi connectivity index (χ4v) is 1.65. The summed E-state index contributed by atoms with van der Waals surface area (Å²) < 4.78 is 4.93. The van der Waals surface area contributed by atoms with Gasteiger partial charge in [-0.1, -0.05) is 0 Å². The lowest BCUT2D eigenvalue weighted by atomic mass is 10.2. The monoisotopic (exact) mass is 300 g/mol. The van der Waals surface area contributed by atoms with Crippen molar-refractivity contribution in [2.24, 2.45) is 5.10 Å². The predicted molar refractivity (Wildman–Crippen MR) is 83.3 cm³/mol. The quantitative estimate of drug-likeness (QED) is 0.388. The molecule has 0 saturated heterocycles. The molecule has 0 fully saturated rings. The number of aryl methyl sites for hydroxylation is 1. The molecule has 2 rings (SSSR count). The Kier molecular flexibility index (Phi) is 4.67. The van der Waals surface area contributed by atoms with Gasteiger partial charge < -0.3 is 4.74 Å². The highest BCUT2D eigenvalue weighted by Gasteiger charge is 2.02. The molecule has 7 nitrogen and oxygen atoms in total. The van der Waals surface area contributed by atoms with Crippen LogP contribution in [-0.2, 0) is 4.79 Å². The molecule has 0 aliphatic heterocycles. The summed E-state index contributed by atoms with van der Waals surface area (Å²) in [7, 11) is 0. The van der Waals surface area contributed by atoms with Gasteiger partial charge in [-0.2, -0.15) is 5.10 Å². The van der Waals surface area contributed by atoms with E-state index in [4.69, 9.17) is 4.74 Å². The molecule has 114 valence electrons. The number of aromatic amines is 1. The van der Waals surface area contributed by atoms with E-state index < -0.39 is 0 Å². The fraction of sp³-hybridized carbons (Fsp3) is 0.200. The summed E-state index contributed by atoms with van der Waals surface area (Å²) in [5, 5.41) is 4.00. The van der Waals surface area contributed by atoms with E-state index in [-0.39, 0.29) is 17.5 Å². The number of nitrogens with one attached hydrogen (secondary N) is 2. The number of rotatable bonds is 4. The highest BCUT2D eigenvalue weighted by atomic mass is 16.5. The van der Waals surface area contributed by atoms with Crippen LogP contribution in [-0.4, -0.2) is 22.2 Å². The maximum atomic E-state index is 11.6. The van der Waals surface area contributed by atoms with Crippen molar-refractivity contribution >= 4 is 18.1 Å². The Balaban J connectivity index is 2.03. The SMILES string of the molecule is CC(=O)Oc1ccc(/C=N\Nc2nc(C)c(C)c(=O)[nH]2)cc1. The first-order valence-electron chi connectivity index (χ1n) is 6.61. The second-order valence-electron chi connectivity index (χ2n) is 4.66. The maximum absolute atomic E-state index is 11.6. The Morgan fingerprint density at radius 2 is 2.00 bits per heavy atom. The first kappa shape index (κ1) is 15.4. The summed E-state index contributed by atoms with van der Waals surface area (Å²) in [6.45, 7) is 4.81. The summed E-state index contributed by atoms with van der Waals surface area (Å²) in [5.74, 6) is 0.381. The van der Waals surface area contributed by atoms with Gasteiger partial charge in [-0.15, -0.1) is 0 Å². The van der Waals surface area contributed by atoms with E-state index in [9.17, 15) is 9.59 Å². The standard InChI is InChI=1S/C15H16N4O3/c1-9-10(2)17-15(18-14(9)21)19-16-8-12-4-6-13(7-5-12)22-11(3)20/h4-8H,1-3H3,(H2,17,18,19,21)/b16-8-. The van der Waals surface area contributed by atoms with Crippen LogP contribution in [0.5, 0.6) is 5.75 Å². The predicted octanol–water partition coefficient (Wildman–Crippen LogP) is 1.76. The molecule has 0 radical (unpaired) electrons. The number of nitrogens with zero attached hydrogens (tertiary/aromatic N) is 2. The number of H-pyrrole nitrogens is 1. The summed E-state index contributed by atoms with van der Waals surface area (Å²) in [4.78, 5) is 29.2. The molecule has 0 amide bonds. The number of carbonyl (C=O) groups is 1. The minimum atomic E-state index is -0.368. The van der Waals surface area contributed by atoms with Crippen LogP contribution in [0.2, 0.25) is 0 Å². The second kappa shape index (κ2) is 6.66. The molecule has 2 N–H and O–H groups in total. The minimum Gasteiger partial charge on any atom is -0.427 e. The van der Waals surface area contributed by atoms with Gasteiger partial charge in [0.2, 0.25) is 5.95 Å². The molecule has 2 aromatic rings. The highest BCUT2D eigenvalue weighted by Crippen LogP contribution is 2.11. The van der Waals surface area contributed by atoms with E-state index in [2.05, 4.69) is 20.5 Å². The fourth-order valence-electron chi connectivity index (χ4n) is 1.65. The average molecular weight is 300 g/mol. The number of benzene rings is 1. The molecule has 0 saturated carbocycles. The molecule has 0 aliphatic carbocycles. The van der Waals surface area contributed by atoms with E-state index in [0.29, 0.717) is 17.0 Å². The van der Waals surface area contributed by atoms with Gasteiger partial charge >= 0.3 is 5.97 Å². The van der Waals surface area contributed by atoms with Crippen molar-refractivity contribution in [3.63, 3.8) is 0 Å². The lowest BCUT2D eigenvalue weighted by molar-refractivity contribution is -0.131. The second-order valence-corrected chi connectivity index (χ2v) is 4.66. The largest absolute Gasteiger partial charge is 0.427 e. The molecule has 7 heteroatoms. The third kappa shape index (κ3) is 4.02. The topological polar surface area (TPSA) is 96.4 Å². The van der Waals surface area contributed by atoms with Gasteiger partial charge in [0.1, 0.15) is 5.75 Å². The molecule has 0 bridgehead atoms. The molecule has 22 heavy (non-hydrogen) atoms. The molecule has 1 heterocycles. The molecular weight excluding hydrogens is 284 g/mol. The van der Waals surface area contributed by atoms with Crippen LogP contribution < -0.4 is 15.7 Å². The third-order valence-corrected chi connectivity index (χ3v) is 2.92. The molecule has 0 atom stereocenters. The molecule has 1 aromatic carbocycles. The van der Waals surface area contributed by atoms with E-state index in [0.717, 1.165) is 5.56 Å².